The minimum atomic E-state index is 0.210. The van der Waals surface area contributed by atoms with Crippen molar-refractivity contribution in [2.24, 2.45) is 11.8 Å². The van der Waals surface area contributed by atoms with Crippen LogP contribution in [-0.4, -0.2) is 38.3 Å². The summed E-state index contributed by atoms with van der Waals surface area (Å²) in [6.07, 6.45) is 3.63. The number of hydrogen-bond donors (Lipinski definition) is 2. The molecule has 1 aliphatic carbocycles. The largest absolute Gasteiger partial charge is 0.376 e. The number of rotatable bonds is 5. The second-order valence-corrected chi connectivity index (χ2v) is 4.93. The summed E-state index contributed by atoms with van der Waals surface area (Å²) in [4.78, 5) is 11.5. The Bertz CT molecular complexity index is 239. The summed E-state index contributed by atoms with van der Waals surface area (Å²) in [7, 11) is 0. The van der Waals surface area contributed by atoms with Gasteiger partial charge in [-0.2, -0.15) is 0 Å². The minimum Gasteiger partial charge on any atom is -0.376 e. The molecule has 0 aromatic carbocycles. The number of hydrogen-bond acceptors (Lipinski definition) is 3. The number of ether oxygens (including phenoxy) is 1. The first-order chi connectivity index (χ1) is 7.77. The fourth-order valence-electron chi connectivity index (χ4n) is 2.18. The summed E-state index contributed by atoms with van der Waals surface area (Å²) in [5.41, 5.74) is 0. The van der Waals surface area contributed by atoms with E-state index in [1.54, 1.807) is 0 Å². The second kappa shape index (κ2) is 5.64. The van der Waals surface area contributed by atoms with Crippen LogP contribution in [0, 0.1) is 11.8 Å². The van der Waals surface area contributed by atoms with Gasteiger partial charge < -0.3 is 15.4 Å². The maximum Gasteiger partial charge on any atom is 0.223 e. The molecule has 1 saturated carbocycles. The normalized spacial score (nSPS) is 30.1. The van der Waals surface area contributed by atoms with Crippen molar-refractivity contribution in [1.82, 2.24) is 10.6 Å². The van der Waals surface area contributed by atoms with Crippen molar-refractivity contribution in [3.63, 3.8) is 0 Å². The van der Waals surface area contributed by atoms with Gasteiger partial charge in [0.05, 0.1) is 12.7 Å². The SMILES string of the molecule is CC1CC1C(=O)NCCOC1CCNCC1. The van der Waals surface area contributed by atoms with E-state index in [1.807, 2.05) is 0 Å². The topological polar surface area (TPSA) is 50.4 Å². The van der Waals surface area contributed by atoms with Gasteiger partial charge in [-0.15, -0.1) is 0 Å². The van der Waals surface area contributed by atoms with Gasteiger partial charge in [0, 0.05) is 12.5 Å². The van der Waals surface area contributed by atoms with Crippen molar-refractivity contribution >= 4 is 5.91 Å². The lowest BCUT2D eigenvalue weighted by Gasteiger charge is -2.22. The molecule has 2 aliphatic rings. The molecule has 0 aromatic heterocycles. The average Bonchev–Trinajstić information content (AvgIpc) is 3.03. The fraction of sp³-hybridized carbons (Fsp3) is 0.917. The Morgan fingerprint density at radius 1 is 1.44 bits per heavy atom. The molecular formula is C12H22N2O2. The van der Waals surface area contributed by atoms with E-state index in [4.69, 9.17) is 4.74 Å². The molecule has 2 fully saturated rings. The number of piperidine rings is 1. The van der Waals surface area contributed by atoms with Crippen LogP contribution in [0.3, 0.4) is 0 Å². The Hall–Kier alpha value is -0.610. The molecule has 0 bridgehead atoms. The summed E-state index contributed by atoms with van der Waals surface area (Å²) in [5.74, 6) is 1.07. The van der Waals surface area contributed by atoms with Crippen molar-refractivity contribution in [2.75, 3.05) is 26.2 Å². The molecule has 1 aliphatic heterocycles. The van der Waals surface area contributed by atoms with Crippen molar-refractivity contribution < 1.29 is 9.53 Å². The lowest BCUT2D eigenvalue weighted by Crippen LogP contribution is -2.35. The number of amides is 1. The van der Waals surface area contributed by atoms with Gasteiger partial charge in [-0.25, -0.2) is 0 Å². The maximum atomic E-state index is 11.5. The molecule has 1 heterocycles. The Labute approximate surface area is 97.1 Å². The number of carbonyl (C=O) groups is 1. The van der Waals surface area contributed by atoms with Crippen LogP contribution in [0.4, 0.5) is 0 Å². The molecule has 0 spiro atoms. The molecule has 1 amide bonds. The number of carbonyl (C=O) groups excluding carboxylic acids is 1. The first-order valence-corrected chi connectivity index (χ1v) is 6.37. The van der Waals surface area contributed by atoms with Gasteiger partial charge in [0.2, 0.25) is 5.91 Å². The molecule has 0 radical (unpaired) electrons. The van der Waals surface area contributed by atoms with Crippen molar-refractivity contribution in [1.29, 1.82) is 0 Å². The van der Waals surface area contributed by atoms with Crippen LogP contribution in [0.15, 0.2) is 0 Å². The van der Waals surface area contributed by atoms with E-state index in [0.717, 1.165) is 32.4 Å². The predicted molar refractivity (Wildman–Crippen MR) is 62.1 cm³/mol. The molecule has 1 saturated heterocycles. The standard InChI is InChI=1S/C12H22N2O2/c1-9-8-11(9)12(15)14-6-7-16-10-2-4-13-5-3-10/h9-11,13H,2-8H2,1H3,(H,14,15). The first kappa shape index (κ1) is 11.9. The molecular weight excluding hydrogens is 204 g/mol. The van der Waals surface area contributed by atoms with E-state index in [1.165, 1.54) is 0 Å². The highest BCUT2D eigenvalue weighted by Crippen LogP contribution is 2.37. The van der Waals surface area contributed by atoms with E-state index in [9.17, 15) is 4.79 Å². The molecule has 2 rings (SSSR count). The molecule has 2 unspecified atom stereocenters. The maximum absolute atomic E-state index is 11.5. The van der Waals surface area contributed by atoms with Crippen molar-refractivity contribution in [3.05, 3.63) is 0 Å². The highest BCUT2D eigenvalue weighted by atomic mass is 16.5. The molecule has 4 heteroatoms. The van der Waals surface area contributed by atoms with Gasteiger partial charge in [-0.3, -0.25) is 4.79 Å². The Morgan fingerprint density at radius 2 is 2.12 bits per heavy atom. The zero-order chi connectivity index (χ0) is 11.4. The quantitative estimate of drug-likeness (QED) is 0.672. The second-order valence-electron chi connectivity index (χ2n) is 4.93. The zero-order valence-corrected chi connectivity index (χ0v) is 10.00. The third kappa shape index (κ3) is 3.46. The Balaban J connectivity index is 1.49. The van der Waals surface area contributed by atoms with Crippen LogP contribution in [-0.2, 0) is 9.53 Å². The van der Waals surface area contributed by atoms with E-state index >= 15 is 0 Å². The summed E-state index contributed by atoms with van der Waals surface area (Å²) < 4.78 is 5.71. The molecule has 0 aromatic rings. The van der Waals surface area contributed by atoms with E-state index < -0.39 is 0 Å². The van der Waals surface area contributed by atoms with Gasteiger partial charge in [-0.05, 0) is 38.3 Å². The third-order valence-corrected chi connectivity index (χ3v) is 3.49. The highest BCUT2D eigenvalue weighted by molar-refractivity contribution is 5.81. The van der Waals surface area contributed by atoms with Crippen LogP contribution < -0.4 is 10.6 Å². The average molecular weight is 226 g/mol. The molecule has 4 nitrogen and oxygen atoms in total. The van der Waals surface area contributed by atoms with Gasteiger partial charge >= 0.3 is 0 Å². The summed E-state index contributed by atoms with van der Waals surface area (Å²) in [6, 6.07) is 0. The molecule has 2 N–H and O–H groups in total. The van der Waals surface area contributed by atoms with Crippen molar-refractivity contribution in [2.45, 2.75) is 32.3 Å². The minimum absolute atomic E-state index is 0.210. The molecule has 92 valence electrons. The Kier molecular flexibility index (Phi) is 4.18. The van der Waals surface area contributed by atoms with Crippen LogP contribution in [0.2, 0.25) is 0 Å². The van der Waals surface area contributed by atoms with Crippen molar-refractivity contribution in [3.8, 4) is 0 Å². The lowest BCUT2D eigenvalue weighted by atomic mass is 10.1. The van der Waals surface area contributed by atoms with E-state index in [-0.39, 0.29) is 11.8 Å². The van der Waals surface area contributed by atoms with Gasteiger partial charge in [0.1, 0.15) is 0 Å². The van der Waals surface area contributed by atoms with Gasteiger partial charge in [-0.1, -0.05) is 6.92 Å². The first-order valence-electron chi connectivity index (χ1n) is 6.37. The fourth-order valence-corrected chi connectivity index (χ4v) is 2.18. The predicted octanol–water partition coefficient (Wildman–Crippen LogP) is 0.527. The van der Waals surface area contributed by atoms with E-state index in [2.05, 4.69) is 17.6 Å². The van der Waals surface area contributed by atoms with E-state index in [0.29, 0.717) is 25.2 Å². The summed E-state index contributed by atoms with van der Waals surface area (Å²) in [6.45, 7) is 5.53. The Morgan fingerprint density at radius 3 is 2.75 bits per heavy atom. The summed E-state index contributed by atoms with van der Waals surface area (Å²) in [5, 5.41) is 6.24. The molecule has 16 heavy (non-hydrogen) atoms. The zero-order valence-electron chi connectivity index (χ0n) is 10.00. The smallest absolute Gasteiger partial charge is 0.223 e. The monoisotopic (exact) mass is 226 g/mol. The van der Waals surface area contributed by atoms with Crippen LogP contribution in [0.1, 0.15) is 26.2 Å². The summed E-state index contributed by atoms with van der Waals surface area (Å²) >= 11 is 0. The highest BCUT2D eigenvalue weighted by Gasteiger charge is 2.38. The van der Waals surface area contributed by atoms with Gasteiger partial charge in [0.15, 0.2) is 0 Å². The van der Waals surface area contributed by atoms with Crippen LogP contribution in [0.25, 0.3) is 0 Å². The number of nitrogens with one attached hydrogen (secondary N) is 2. The van der Waals surface area contributed by atoms with Gasteiger partial charge in [0.25, 0.3) is 0 Å². The third-order valence-electron chi connectivity index (χ3n) is 3.49. The molecule has 2 atom stereocenters. The van der Waals surface area contributed by atoms with Crippen LogP contribution >= 0.6 is 0 Å². The van der Waals surface area contributed by atoms with Crippen LogP contribution in [0.5, 0.6) is 0 Å². The lowest BCUT2D eigenvalue weighted by molar-refractivity contribution is -0.122.